The minimum Gasteiger partial charge on any atom is -0.481 e. The number of carboxylic acids is 1. The number of hydrogen-bond donors (Lipinski definition) is 1. The highest BCUT2D eigenvalue weighted by Gasteiger charge is 2.40. The molecule has 1 N–H and O–H groups in total. The van der Waals surface area contributed by atoms with Crippen molar-refractivity contribution in [2.24, 2.45) is 0 Å². The number of rotatable bonds is 6. The van der Waals surface area contributed by atoms with E-state index in [-0.39, 0.29) is 6.42 Å². The first-order valence-electron chi connectivity index (χ1n) is 9.55. The second-order valence-electron chi connectivity index (χ2n) is 7.03. The molecule has 29 heavy (non-hydrogen) atoms. The minimum absolute atomic E-state index is 0.0971. The van der Waals surface area contributed by atoms with Crippen molar-refractivity contribution in [3.05, 3.63) is 125 Å². The molecule has 4 nitrogen and oxygen atoms in total. The first-order chi connectivity index (χ1) is 14.1. The normalized spacial score (nSPS) is 11.3. The molecule has 0 amide bonds. The zero-order valence-electron chi connectivity index (χ0n) is 16.2. The molecular weight excluding hydrogens is 360 g/mol. The molecule has 0 saturated heterocycles. The summed E-state index contributed by atoms with van der Waals surface area (Å²) in [5.41, 5.74) is 3.80. The fraction of sp³-hybridized carbons (Fsp3) is 0.120. The van der Waals surface area contributed by atoms with E-state index in [9.17, 15) is 9.90 Å². The molecule has 0 bridgehead atoms. The molecular formula is C25H22N2O2. The lowest BCUT2D eigenvalue weighted by molar-refractivity contribution is -0.136. The first-order valence-corrected chi connectivity index (χ1v) is 9.55. The number of aryl methyl sites for hydroxylation is 1. The van der Waals surface area contributed by atoms with Gasteiger partial charge in [-0.3, -0.25) is 4.79 Å². The summed E-state index contributed by atoms with van der Waals surface area (Å²) in [6.07, 6.45) is 1.67. The SMILES string of the molecule is Cc1ncn(C(c2ccccc2)(c2ccccc2)c2ccccc2)c1CC(=O)O. The Morgan fingerprint density at radius 1 is 0.828 bits per heavy atom. The lowest BCUT2D eigenvalue weighted by Gasteiger charge is -2.38. The molecule has 0 aliphatic carbocycles. The number of benzene rings is 3. The zero-order valence-corrected chi connectivity index (χ0v) is 16.2. The summed E-state index contributed by atoms with van der Waals surface area (Å²) in [5, 5.41) is 9.57. The van der Waals surface area contributed by atoms with Gasteiger partial charge in [-0.15, -0.1) is 0 Å². The van der Waals surface area contributed by atoms with E-state index in [0.29, 0.717) is 5.69 Å². The van der Waals surface area contributed by atoms with Crippen LogP contribution in [-0.2, 0) is 16.8 Å². The summed E-state index contributed by atoms with van der Waals surface area (Å²) in [5.74, 6) is -0.877. The lowest BCUT2D eigenvalue weighted by atomic mass is 9.76. The summed E-state index contributed by atoms with van der Waals surface area (Å²) in [7, 11) is 0. The van der Waals surface area contributed by atoms with E-state index in [0.717, 1.165) is 22.4 Å². The molecule has 0 saturated carbocycles. The van der Waals surface area contributed by atoms with Crippen LogP contribution >= 0.6 is 0 Å². The van der Waals surface area contributed by atoms with E-state index in [1.807, 2.05) is 66.1 Å². The maximum Gasteiger partial charge on any atom is 0.309 e. The van der Waals surface area contributed by atoms with Crippen molar-refractivity contribution in [2.75, 3.05) is 0 Å². The molecule has 4 heteroatoms. The highest BCUT2D eigenvalue weighted by atomic mass is 16.4. The van der Waals surface area contributed by atoms with Gasteiger partial charge in [-0.05, 0) is 23.6 Å². The lowest BCUT2D eigenvalue weighted by Crippen LogP contribution is -2.38. The molecule has 1 aromatic heterocycles. The number of aromatic nitrogens is 2. The van der Waals surface area contributed by atoms with Crippen LogP contribution in [0.2, 0.25) is 0 Å². The fourth-order valence-electron chi connectivity index (χ4n) is 4.06. The number of imidazole rings is 1. The van der Waals surface area contributed by atoms with Crippen LogP contribution in [0.5, 0.6) is 0 Å². The summed E-state index contributed by atoms with van der Waals surface area (Å²) >= 11 is 0. The van der Waals surface area contributed by atoms with Crippen LogP contribution in [0.3, 0.4) is 0 Å². The van der Waals surface area contributed by atoms with Gasteiger partial charge in [0.05, 0.1) is 24.1 Å². The van der Waals surface area contributed by atoms with Crippen LogP contribution in [-0.4, -0.2) is 20.6 Å². The molecule has 0 atom stereocenters. The predicted octanol–water partition coefficient (Wildman–Crippen LogP) is 4.66. The van der Waals surface area contributed by atoms with E-state index in [1.165, 1.54) is 0 Å². The third-order valence-electron chi connectivity index (χ3n) is 5.33. The standard InChI is InChI=1S/C25H22N2O2/c1-19-23(17-24(28)29)27(18-26-19)25(20-11-5-2-6-12-20,21-13-7-3-8-14-21)22-15-9-4-10-16-22/h2-16,18H,17H2,1H3,(H,28,29). The predicted molar refractivity (Wildman–Crippen MR) is 113 cm³/mol. The maximum atomic E-state index is 11.7. The Labute approximate surface area is 170 Å². The highest BCUT2D eigenvalue weighted by molar-refractivity contribution is 5.70. The van der Waals surface area contributed by atoms with Gasteiger partial charge in [0.2, 0.25) is 0 Å². The van der Waals surface area contributed by atoms with Crippen molar-refractivity contribution in [3.8, 4) is 0 Å². The molecule has 1 heterocycles. The van der Waals surface area contributed by atoms with Gasteiger partial charge >= 0.3 is 5.97 Å². The van der Waals surface area contributed by atoms with Crippen molar-refractivity contribution in [1.29, 1.82) is 0 Å². The van der Waals surface area contributed by atoms with Crippen molar-refractivity contribution >= 4 is 5.97 Å². The van der Waals surface area contributed by atoms with Crippen LogP contribution in [0.4, 0.5) is 0 Å². The van der Waals surface area contributed by atoms with Crippen molar-refractivity contribution in [1.82, 2.24) is 9.55 Å². The van der Waals surface area contributed by atoms with Gasteiger partial charge in [-0.2, -0.15) is 0 Å². The first kappa shape index (κ1) is 18.7. The topological polar surface area (TPSA) is 55.1 Å². The number of carbonyl (C=O) groups is 1. The Kier molecular flexibility index (Phi) is 5.00. The van der Waals surface area contributed by atoms with E-state index >= 15 is 0 Å². The average Bonchev–Trinajstić information content (AvgIpc) is 3.11. The summed E-state index contributed by atoms with van der Waals surface area (Å²) in [4.78, 5) is 16.2. The quantitative estimate of drug-likeness (QED) is 0.494. The molecule has 0 spiro atoms. The largest absolute Gasteiger partial charge is 0.481 e. The summed E-state index contributed by atoms with van der Waals surface area (Å²) < 4.78 is 2.02. The number of nitrogens with zero attached hydrogens (tertiary/aromatic N) is 2. The molecule has 3 aromatic carbocycles. The fourth-order valence-corrected chi connectivity index (χ4v) is 4.06. The summed E-state index contributed by atoms with van der Waals surface area (Å²) in [6, 6.07) is 30.5. The van der Waals surface area contributed by atoms with Crippen LogP contribution < -0.4 is 0 Å². The van der Waals surface area contributed by atoms with Crippen molar-refractivity contribution < 1.29 is 9.90 Å². The van der Waals surface area contributed by atoms with E-state index in [1.54, 1.807) is 6.33 Å². The molecule has 4 rings (SSSR count). The smallest absolute Gasteiger partial charge is 0.309 e. The highest BCUT2D eigenvalue weighted by Crippen LogP contribution is 2.42. The van der Waals surface area contributed by atoms with Crippen LogP contribution in [0.15, 0.2) is 97.3 Å². The Morgan fingerprint density at radius 3 is 1.62 bits per heavy atom. The molecule has 0 radical (unpaired) electrons. The third-order valence-corrected chi connectivity index (χ3v) is 5.33. The molecule has 0 fully saturated rings. The zero-order chi connectivity index (χ0) is 20.3. The molecule has 144 valence electrons. The maximum absolute atomic E-state index is 11.7. The van der Waals surface area contributed by atoms with Crippen LogP contribution in [0.1, 0.15) is 28.1 Å². The average molecular weight is 382 g/mol. The second-order valence-corrected chi connectivity index (χ2v) is 7.03. The minimum atomic E-state index is -0.877. The third kappa shape index (κ3) is 3.23. The van der Waals surface area contributed by atoms with Gasteiger partial charge in [-0.1, -0.05) is 91.0 Å². The Morgan fingerprint density at radius 2 is 1.24 bits per heavy atom. The second kappa shape index (κ2) is 7.76. The van der Waals surface area contributed by atoms with Crippen LogP contribution in [0, 0.1) is 6.92 Å². The molecule has 0 aliphatic heterocycles. The van der Waals surface area contributed by atoms with E-state index in [4.69, 9.17) is 0 Å². The van der Waals surface area contributed by atoms with Crippen molar-refractivity contribution in [2.45, 2.75) is 18.9 Å². The molecule has 4 aromatic rings. The Balaban J connectivity index is 2.14. The van der Waals surface area contributed by atoms with Crippen molar-refractivity contribution in [3.63, 3.8) is 0 Å². The van der Waals surface area contributed by atoms with Gasteiger partial charge in [0.1, 0.15) is 5.54 Å². The van der Waals surface area contributed by atoms with Gasteiger partial charge in [0, 0.05) is 0 Å². The van der Waals surface area contributed by atoms with Gasteiger partial charge in [0.15, 0.2) is 0 Å². The number of aliphatic carboxylic acids is 1. The Hall–Kier alpha value is -3.66. The number of hydrogen-bond acceptors (Lipinski definition) is 2. The van der Waals surface area contributed by atoms with Gasteiger partial charge < -0.3 is 9.67 Å². The monoisotopic (exact) mass is 382 g/mol. The Bertz CT molecular complexity index is 1010. The number of carboxylic acid groups (broad SMARTS) is 1. The van der Waals surface area contributed by atoms with Gasteiger partial charge in [0.25, 0.3) is 0 Å². The van der Waals surface area contributed by atoms with E-state index < -0.39 is 11.5 Å². The van der Waals surface area contributed by atoms with Gasteiger partial charge in [-0.25, -0.2) is 4.98 Å². The van der Waals surface area contributed by atoms with E-state index in [2.05, 4.69) is 41.4 Å². The molecule has 0 unspecified atom stereocenters. The van der Waals surface area contributed by atoms with Crippen LogP contribution in [0.25, 0.3) is 0 Å². The summed E-state index contributed by atoms with van der Waals surface area (Å²) in [6.45, 7) is 1.86. The molecule has 0 aliphatic rings.